The highest BCUT2D eigenvalue weighted by Gasteiger charge is 2.52. The van der Waals surface area contributed by atoms with Crippen molar-refractivity contribution >= 4 is 158 Å². The zero-order valence-electron chi connectivity index (χ0n) is 78.8. The number of phenols is 1. The van der Waals surface area contributed by atoms with Crippen molar-refractivity contribution in [3.8, 4) is 57.4 Å². The van der Waals surface area contributed by atoms with Crippen molar-refractivity contribution in [1.29, 1.82) is 5.26 Å². The Balaban J connectivity index is 0.000000314. The lowest BCUT2D eigenvalue weighted by Crippen LogP contribution is -2.41. The molecule has 1 saturated heterocycles. The highest BCUT2D eigenvalue weighted by molar-refractivity contribution is 9.11. The summed E-state index contributed by atoms with van der Waals surface area (Å²) in [5.41, 5.74) is 21.0. The van der Waals surface area contributed by atoms with E-state index in [1.54, 1.807) is 18.2 Å². The first-order valence-corrected chi connectivity index (χ1v) is 50.1. The molecule has 0 bridgehead atoms. The molecule has 21 nitrogen and oxygen atoms in total. The van der Waals surface area contributed by atoms with E-state index in [1.165, 1.54) is 38.0 Å². The van der Waals surface area contributed by atoms with Crippen LogP contribution in [0, 0.1) is 73.6 Å². The number of aryl methyl sites for hydroxylation is 11. The van der Waals surface area contributed by atoms with E-state index in [9.17, 15) is 32.7 Å². The number of nitriles is 1. The molecule has 9 aromatic rings. The van der Waals surface area contributed by atoms with Gasteiger partial charge in [-0.05, 0) is 377 Å². The number of carbonyl (C=O) groups is 4. The van der Waals surface area contributed by atoms with Crippen LogP contribution >= 0.6 is 112 Å². The van der Waals surface area contributed by atoms with E-state index in [1.807, 2.05) is 162 Å². The van der Waals surface area contributed by atoms with E-state index >= 15 is 0 Å². The Labute approximate surface area is 834 Å². The topological polar surface area (TPSA) is 277 Å². The molecule has 0 unspecified atom stereocenters. The van der Waals surface area contributed by atoms with E-state index in [4.69, 9.17) is 57.0 Å². The highest BCUT2D eigenvalue weighted by atomic mass is 79.9. The van der Waals surface area contributed by atoms with Crippen LogP contribution in [0.5, 0.6) is 40.2 Å². The average molecular weight is 2270 g/mol. The van der Waals surface area contributed by atoms with Gasteiger partial charge >= 0.3 is 25.0 Å². The number of aliphatic hydroxyl groups is 1. The molecule has 1 fully saturated rings. The SMILES string of the molecule is C=CCBr.CC1(C)OB(c2ccc3c(c2)CCCO3)OC1(C)C.CCOc1ccc(C)c(C=O)c1Br.CCOc1ccc(C)c(CC#N)c1Br.CCOc1ccc(C)c(CO)c1Br.CCOc1ccc(C)c(COS(C)(=O)=O)c1Br.COC(=O)Cc1c(C)ccc(C)c1-c1ccc2c(c1)CCCO2.COC(=O)Cc1c(C)ccc(C)c1Br.COC(=O)Cc1c(C)ccc(O)c1Br. The van der Waals surface area contributed by atoms with Crippen molar-refractivity contribution in [2.24, 2.45) is 0 Å². The second-order valence-corrected chi connectivity index (χ2v) is 38.1. The third-order valence-electron chi connectivity index (χ3n) is 21.1. The molecule has 710 valence electrons. The third-order valence-corrected chi connectivity index (χ3v) is 27.5. The summed E-state index contributed by atoms with van der Waals surface area (Å²) < 4.78 is 90.7. The summed E-state index contributed by atoms with van der Waals surface area (Å²) in [6.07, 6.45) is 9.11. The second-order valence-electron chi connectivity index (χ2n) is 31.1. The molecule has 30 heteroatoms. The zero-order valence-corrected chi connectivity index (χ0v) is 90.7. The number of aliphatic hydroxyl groups excluding tert-OH is 1. The molecule has 0 atom stereocenters. The molecule has 0 spiro atoms. The molecule has 0 aromatic heterocycles. The first-order valence-electron chi connectivity index (χ1n) is 42.4. The van der Waals surface area contributed by atoms with Crippen LogP contribution < -0.4 is 33.9 Å². The smallest absolute Gasteiger partial charge is 0.494 e. The van der Waals surface area contributed by atoms with Crippen LogP contribution in [0.4, 0.5) is 0 Å². The van der Waals surface area contributed by atoms with E-state index in [0.717, 1.165) is 202 Å². The predicted molar refractivity (Wildman–Crippen MR) is 547 cm³/mol. The number of methoxy groups -OCH3 is 3. The Hall–Kier alpha value is -7.90. The van der Waals surface area contributed by atoms with Crippen molar-refractivity contribution in [2.45, 2.75) is 193 Å². The second kappa shape index (κ2) is 57.7. The average Bonchev–Trinajstić information content (AvgIpc) is 1.62. The molecule has 0 amide bonds. The maximum atomic E-state index is 11.8. The number of phenolic OH excluding ortho intramolecular Hbond substituents is 1. The van der Waals surface area contributed by atoms with Crippen LogP contribution in [0.1, 0.15) is 173 Å². The van der Waals surface area contributed by atoms with Crippen LogP contribution in [0.2, 0.25) is 0 Å². The molecule has 131 heavy (non-hydrogen) atoms. The van der Waals surface area contributed by atoms with Crippen LogP contribution in [-0.4, -0.2) is 134 Å². The molecule has 3 aliphatic rings. The number of hydrogen-bond acceptors (Lipinski definition) is 21. The number of esters is 3. The fourth-order valence-corrected chi connectivity index (χ4v) is 17.2. The maximum absolute atomic E-state index is 11.8. The van der Waals surface area contributed by atoms with Gasteiger partial charge in [0.2, 0.25) is 0 Å². The predicted octanol–water partition coefficient (Wildman–Crippen LogP) is 24.3. The van der Waals surface area contributed by atoms with E-state index in [2.05, 4.69) is 199 Å². The summed E-state index contributed by atoms with van der Waals surface area (Å²) in [7, 11) is 0.457. The number of fused-ring (bicyclic) bond motifs is 2. The molecule has 9 aromatic carbocycles. The summed E-state index contributed by atoms with van der Waals surface area (Å²) in [6.45, 7) is 41.2. The van der Waals surface area contributed by atoms with Crippen molar-refractivity contribution in [2.75, 3.05) is 72.6 Å². The number of ether oxygens (including phenoxy) is 9. The maximum Gasteiger partial charge on any atom is 0.494 e. The number of nitrogens with zero attached hydrogens (tertiary/aromatic N) is 1. The monoisotopic (exact) mass is 2270 g/mol. The van der Waals surface area contributed by atoms with Gasteiger partial charge in [-0.3, -0.25) is 23.4 Å². The fraction of sp³-hybridized carbons (Fsp3) is 0.396. The van der Waals surface area contributed by atoms with Crippen LogP contribution in [-0.2, 0) is 104 Å². The Morgan fingerprint density at radius 1 is 0.504 bits per heavy atom. The summed E-state index contributed by atoms with van der Waals surface area (Å²) >= 11 is 23.4. The van der Waals surface area contributed by atoms with E-state index < -0.39 is 10.1 Å². The van der Waals surface area contributed by atoms with Gasteiger partial charge in [0.05, 0.1) is 146 Å². The number of rotatable bonds is 23. The van der Waals surface area contributed by atoms with E-state index in [-0.39, 0.29) is 61.6 Å². The minimum absolute atomic E-state index is 0.00612. The lowest BCUT2D eigenvalue weighted by Gasteiger charge is -2.32. The minimum atomic E-state index is -3.44. The Bertz CT molecular complexity index is 5400. The van der Waals surface area contributed by atoms with Crippen molar-refractivity contribution < 1.29 is 93.9 Å². The van der Waals surface area contributed by atoms with Crippen LogP contribution in [0.3, 0.4) is 0 Å². The number of benzene rings is 9. The fourth-order valence-electron chi connectivity index (χ4n) is 12.9. The molecule has 12 rings (SSSR count). The standard InChI is InChI=1S/C20H22O3.C15H21BO3.C11H12BrNO.C11H15BrO4S.C11H13BrO2.C10H11BrO3.C10H13BrO2.C10H11BrO2.C3H5Br/c1-13-6-7-14(2)20(17(13)12-19(21)22-3)16-8-9-18-15(11-16)5-4-10-23-18;1-14(2)15(3,4)19-16(18-14)12-7-8-13-11(10-12)6-5-9-17-13;1-3-14-10-5-4-8(2)9(6-7-13)11(10)12;1-4-15-10-6-5-8(2)9(11(10)12)7-16-17(3,13)14;1-7-4-5-8(2)11(12)9(7)6-10(13)14-3;1-6-3-4-8(12)10(11)7(6)5-9(13)14-2;2*1-3-13-9-5-4-7(2)8(6-12)10(9)11;1-2-3-4/h6-9,11H,4-5,10,12H2,1-3H3;7-8,10H,5-6,9H2,1-4H3;4-5H,3,6H2,1-2H3;5-6H,4,7H2,1-3H3;4-5H,6H2,1-3H3;3-4,12H,5H2,1-2H3;4-5,12H,3,6H2,1-2H3;4-6H,3H2,1-2H3;2H,1,3H2. The molecule has 0 aliphatic carbocycles. The van der Waals surface area contributed by atoms with Crippen LogP contribution in [0.25, 0.3) is 11.1 Å². The van der Waals surface area contributed by atoms with Crippen molar-refractivity contribution in [3.63, 3.8) is 0 Å². The number of alkyl halides is 1. The number of aldehydes is 1. The number of aromatic hydroxyl groups is 1. The van der Waals surface area contributed by atoms with Gasteiger partial charge in [-0.1, -0.05) is 111 Å². The normalized spacial score (nSPS) is 12.6. The summed E-state index contributed by atoms with van der Waals surface area (Å²) in [5.74, 6) is 4.39. The van der Waals surface area contributed by atoms with Gasteiger partial charge in [-0.25, -0.2) is 0 Å². The van der Waals surface area contributed by atoms with Gasteiger partial charge in [0.15, 0.2) is 6.29 Å². The Morgan fingerprint density at radius 2 is 0.878 bits per heavy atom. The number of hydrogen-bond donors (Lipinski definition) is 2. The lowest BCUT2D eigenvalue weighted by atomic mass is 9.78. The van der Waals surface area contributed by atoms with Gasteiger partial charge in [0.1, 0.15) is 40.2 Å². The zero-order chi connectivity index (χ0) is 98.2. The number of halogens is 7. The molecule has 0 saturated carbocycles. The highest BCUT2D eigenvalue weighted by Crippen LogP contribution is 2.41. The number of carbonyl (C=O) groups excluding carboxylic acids is 4. The molecule has 0 radical (unpaired) electrons. The summed E-state index contributed by atoms with van der Waals surface area (Å²) in [5, 5.41) is 28.1. The lowest BCUT2D eigenvalue weighted by molar-refractivity contribution is -0.140. The minimum Gasteiger partial charge on any atom is -0.507 e. The molecule has 2 N–H and O–H groups in total. The van der Waals surface area contributed by atoms with Gasteiger partial charge in [-0.15, -0.1) is 6.58 Å². The molecular formula is C101H123BBr7NO20S. The van der Waals surface area contributed by atoms with Gasteiger partial charge in [0, 0.05) is 20.9 Å². The first kappa shape index (κ1) is 115. The van der Waals surface area contributed by atoms with Gasteiger partial charge in [0.25, 0.3) is 10.1 Å². The summed E-state index contributed by atoms with van der Waals surface area (Å²) in [4.78, 5) is 44.8. The van der Waals surface area contributed by atoms with Gasteiger partial charge < -0.3 is 62.2 Å². The first-order chi connectivity index (χ1) is 62.0. The Morgan fingerprint density at radius 3 is 1.32 bits per heavy atom. The Kier molecular flexibility index (Phi) is 50.9. The third kappa shape index (κ3) is 35.7. The van der Waals surface area contributed by atoms with Crippen molar-refractivity contribution in [3.05, 3.63) is 261 Å². The summed E-state index contributed by atoms with van der Waals surface area (Å²) in [6, 6.07) is 41.5. The largest absolute Gasteiger partial charge is 0.507 e. The van der Waals surface area contributed by atoms with Crippen LogP contribution in [0.15, 0.2) is 161 Å². The number of allylic oxidation sites excluding steroid dienone is 1. The van der Waals surface area contributed by atoms with Crippen molar-refractivity contribution in [1.82, 2.24) is 0 Å². The van der Waals surface area contributed by atoms with Gasteiger partial charge in [-0.2, -0.15) is 13.7 Å². The quantitative estimate of drug-likeness (QED) is 0.0114. The molecule has 3 heterocycles. The molecular weight excluding hydrogens is 2150 g/mol. The van der Waals surface area contributed by atoms with E-state index in [0.29, 0.717) is 61.5 Å². The molecule has 3 aliphatic heterocycles.